The number of carboxylic acid groups (broad SMARTS) is 2. The van der Waals surface area contributed by atoms with E-state index in [9.17, 15) is 39.0 Å². The van der Waals surface area contributed by atoms with E-state index in [0.29, 0.717) is 136 Å². The summed E-state index contributed by atoms with van der Waals surface area (Å²) in [6, 6.07) is 15.0. The van der Waals surface area contributed by atoms with Crippen molar-refractivity contribution in [2.75, 3.05) is 53.9 Å². The molecule has 2 aromatic carbocycles. The summed E-state index contributed by atoms with van der Waals surface area (Å²) in [5.41, 5.74) is -2.44. The minimum atomic E-state index is -1.80. The number of halogens is 1. The molecule has 7 aromatic rings. The monoisotopic (exact) mass is 1200 g/mol. The van der Waals surface area contributed by atoms with E-state index in [2.05, 4.69) is 20.9 Å². The van der Waals surface area contributed by atoms with Gasteiger partial charge in [-0.3, -0.25) is 28.1 Å². The Morgan fingerprint density at radius 2 is 1.25 bits per heavy atom. The molecule has 3 aliphatic heterocycles. The predicted molar refractivity (Wildman–Crippen MR) is 300 cm³/mol. The molecule has 21 nitrogen and oxygen atoms in total. The predicted octanol–water partition coefficient (Wildman–Crippen LogP) is 7.93. The maximum absolute atomic E-state index is 14.3. The van der Waals surface area contributed by atoms with Gasteiger partial charge in [0.25, 0.3) is 11.1 Å². The first kappa shape index (κ1) is 57.0. The van der Waals surface area contributed by atoms with Crippen molar-refractivity contribution in [2.24, 2.45) is 0 Å². The highest BCUT2D eigenvalue weighted by Gasteiger charge is 2.50. The Balaban J connectivity index is 0.000000180. The van der Waals surface area contributed by atoms with Crippen LogP contribution in [0.25, 0.3) is 31.2 Å². The summed E-state index contributed by atoms with van der Waals surface area (Å²) >= 11 is 6.05. The van der Waals surface area contributed by atoms with Gasteiger partial charge in [0.05, 0.1) is 83.7 Å². The van der Waals surface area contributed by atoms with Gasteiger partial charge in [-0.15, -0.1) is 22.7 Å². The number of rotatable bonds is 18. The number of para-hydroxylation sites is 2. The number of methoxy groups -OCH3 is 2. The Labute approximate surface area is 474 Å². The van der Waals surface area contributed by atoms with Crippen LogP contribution in [0.3, 0.4) is 0 Å². The zero-order valence-electron chi connectivity index (χ0n) is 44.6. The van der Waals surface area contributed by atoms with E-state index in [1.807, 2.05) is 48.5 Å². The van der Waals surface area contributed by atoms with Crippen LogP contribution in [0.1, 0.15) is 92.2 Å². The smallest absolute Gasteiger partial charge is 0.333 e. The first-order valence-electron chi connectivity index (χ1n) is 26.5. The number of fused-ring (bicyclic) bond motifs is 2. The van der Waals surface area contributed by atoms with Crippen LogP contribution in [0.4, 0.5) is 0 Å². The number of nitrogens with zero attached hydrogens (tertiary/aromatic N) is 5. The Morgan fingerprint density at radius 3 is 1.74 bits per heavy atom. The topological polar surface area (TPSA) is 253 Å². The zero-order valence-corrected chi connectivity index (χ0v) is 47.9. The van der Waals surface area contributed by atoms with E-state index in [1.54, 1.807) is 32.6 Å². The minimum absolute atomic E-state index is 0.0519. The van der Waals surface area contributed by atoms with Gasteiger partial charge in [0.15, 0.2) is 5.54 Å². The minimum Gasteiger partial charge on any atom is -0.496 e. The summed E-state index contributed by atoms with van der Waals surface area (Å²) in [5.74, 6) is -0.746. The molecule has 11 rings (SSSR count). The van der Waals surface area contributed by atoms with Gasteiger partial charge < -0.3 is 47.8 Å². The molecule has 0 amide bonds. The number of benzene rings is 2. The molecule has 3 atom stereocenters. The lowest BCUT2D eigenvalue weighted by Crippen LogP contribution is -2.59. The quantitative estimate of drug-likeness (QED) is 0.0827. The number of oxazole rings is 1. The second-order valence-corrected chi connectivity index (χ2v) is 23.8. The van der Waals surface area contributed by atoms with E-state index >= 15 is 0 Å². The van der Waals surface area contributed by atoms with Crippen molar-refractivity contribution in [3.8, 4) is 22.3 Å². The third kappa shape index (κ3) is 11.0. The SMILES string of the molecule is COc1ccccc1C(Cn1c(=O)n(C2(CC(=O)O)CC2)c(=O)c2c(C)c(-c3ncco3)sc21)OC1CCOCC1.COc1ccccc1[C@H](Cn1c(=O)n(C2(C(=O)O)CCCOC2)c(=O)c2c(C)c(Br)sc21)OC1CCOCC1. The van der Waals surface area contributed by atoms with Crippen molar-refractivity contribution < 1.29 is 57.4 Å². The molecule has 2 N–H and O–H groups in total. The lowest BCUT2D eigenvalue weighted by atomic mass is 9.92. The van der Waals surface area contributed by atoms with Crippen LogP contribution in [0.2, 0.25) is 0 Å². The molecule has 1 aliphatic carbocycles. The molecule has 1 saturated carbocycles. The van der Waals surface area contributed by atoms with Crippen molar-refractivity contribution >= 4 is 71.0 Å². The van der Waals surface area contributed by atoms with E-state index < -0.39 is 57.7 Å². The first-order chi connectivity index (χ1) is 38.6. The normalized spacial score (nSPS) is 19.3. The average molecular weight is 1210 g/mol. The highest BCUT2D eigenvalue weighted by Crippen LogP contribution is 2.46. The van der Waals surface area contributed by atoms with Crippen molar-refractivity contribution in [1.29, 1.82) is 0 Å². The molecule has 4 fully saturated rings. The van der Waals surface area contributed by atoms with E-state index in [-0.39, 0.29) is 44.7 Å². The number of aliphatic carboxylic acids is 2. The fourth-order valence-corrected chi connectivity index (χ4v) is 14.1. The van der Waals surface area contributed by atoms with Crippen LogP contribution in [0.15, 0.2) is 88.4 Å². The second-order valence-electron chi connectivity index (χ2n) is 20.5. The number of aromatic nitrogens is 5. The Bertz CT molecular complexity index is 3650. The summed E-state index contributed by atoms with van der Waals surface area (Å²) in [5, 5.41) is 20.6. The highest BCUT2D eigenvalue weighted by atomic mass is 79.9. The van der Waals surface area contributed by atoms with Crippen molar-refractivity contribution in [3.63, 3.8) is 0 Å². The molecule has 80 heavy (non-hydrogen) atoms. The largest absolute Gasteiger partial charge is 0.496 e. The summed E-state index contributed by atoms with van der Waals surface area (Å²) in [6.07, 6.45) is 5.51. The maximum Gasteiger partial charge on any atom is 0.333 e. The van der Waals surface area contributed by atoms with Gasteiger partial charge in [-0.25, -0.2) is 23.9 Å². The van der Waals surface area contributed by atoms with Crippen LogP contribution in [0.5, 0.6) is 11.5 Å². The summed E-state index contributed by atoms with van der Waals surface area (Å²) in [4.78, 5) is 86.7. The summed E-state index contributed by atoms with van der Waals surface area (Å²) in [7, 11) is 3.16. The fraction of sp³-hybridized carbons (Fsp3) is 0.482. The van der Waals surface area contributed by atoms with Crippen LogP contribution in [-0.4, -0.2) is 111 Å². The number of carbonyl (C=O) groups is 2. The third-order valence-electron chi connectivity index (χ3n) is 15.5. The number of hydrogen-bond donors (Lipinski definition) is 2. The molecule has 5 aromatic heterocycles. The Kier molecular flexibility index (Phi) is 17.1. The van der Waals surface area contributed by atoms with Crippen LogP contribution >= 0.6 is 38.6 Å². The Hall–Kier alpha value is -6.25. The van der Waals surface area contributed by atoms with Gasteiger partial charge >= 0.3 is 23.3 Å². The molecular weight excluding hydrogens is 1140 g/mol. The molecule has 426 valence electrons. The molecule has 2 unspecified atom stereocenters. The van der Waals surface area contributed by atoms with Gasteiger partial charge in [0.1, 0.15) is 39.6 Å². The van der Waals surface area contributed by atoms with Crippen LogP contribution < -0.4 is 32.0 Å². The van der Waals surface area contributed by atoms with Gasteiger partial charge in [-0.2, -0.15) is 0 Å². The van der Waals surface area contributed by atoms with Gasteiger partial charge in [0.2, 0.25) is 5.89 Å². The van der Waals surface area contributed by atoms with E-state index in [1.165, 1.54) is 39.7 Å². The molecule has 0 spiro atoms. The molecule has 0 radical (unpaired) electrons. The molecule has 0 bridgehead atoms. The number of aryl methyl sites for hydroxylation is 2. The maximum atomic E-state index is 14.3. The number of carboxylic acids is 2. The Morgan fingerprint density at radius 1 is 0.725 bits per heavy atom. The number of ether oxygens (including phenoxy) is 7. The number of hydrogen-bond acceptors (Lipinski definition) is 17. The third-order valence-corrected chi connectivity index (χ3v) is 19.0. The molecule has 3 saturated heterocycles. The second kappa shape index (κ2) is 24.1. The van der Waals surface area contributed by atoms with E-state index in [0.717, 1.165) is 20.3 Å². The fourth-order valence-electron chi connectivity index (χ4n) is 11.2. The first-order valence-corrected chi connectivity index (χ1v) is 28.9. The van der Waals surface area contributed by atoms with Crippen molar-refractivity contribution in [2.45, 2.75) is 120 Å². The standard InChI is InChI=1S/C29H31N3O8S.C27H31BrN2O8S/c1-17-23-26(35)32(29(9-10-29)15-22(33)34)28(36)31(27(23)41-24(17)25-30-11-14-39-25)16-21(40-18-7-12-38-13-8-18)19-5-3-4-6-20(19)37-2;1-16-21-23(31)30(27(25(32)33)10-5-11-37-15-27)26(34)29(24(21)39-22(16)28)14-20(38-17-8-12-36-13-9-17)18-6-3-4-7-19(18)35-2/h3-6,11,14,18,21H,7-10,12-13,15-16H2,1-2H3,(H,33,34);3-4,6-7,17,20H,5,8-15H2,1-2H3,(H,32,33)/t;20-,27?/m.0/s1. The zero-order chi connectivity index (χ0) is 56.5. The summed E-state index contributed by atoms with van der Waals surface area (Å²) < 4.78 is 52.5. The molecule has 24 heteroatoms. The van der Waals surface area contributed by atoms with Crippen molar-refractivity contribution in [1.82, 2.24) is 23.3 Å². The number of thiophene rings is 2. The molecular formula is C56H62BrN5O16S2. The molecule has 8 heterocycles. The average Bonchev–Trinajstić information content (AvgIpc) is 3.96. The summed E-state index contributed by atoms with van der Waals surface area (Å²) in [6.45, 7) is 6.15. The lowest BCUT2D eigenvalue weighted by Gasteiger charge is -2.35. The lowest BCUT2D eigenvalue weighted by molar-refractivity contribution is -0.155. The van der Waals surface area contributed by atoms with E-state index in [4.69, 9.17) is 37.6 Å². The van der Waals surface area contributed by atoms with Crippen LogP contribution in [0, 0.1) is 13.8 Å². The van der Waals surface area contributed by atoms with Crippen LogP contribution in [-0.2, 0) is 57.4 Å². The molecule has 4 aliphatic rings. The van der Waals surface area contributed by atoms with Crippen molar-refractivity contribution in [3.05, 3.63) is 129 Å². The van der Waals surface area contributed by atoms with Gasteiger partial charge in [0, 0.05) is 44.2 Å². The van der Waals surface area contributed by atoms with Gasteiger partial charge in [-0.1, -0.05) is 36.4 Å². The highest BCUT2D eigenvalue weighted by molar-refractivity contribution is 9.11. The van der Waals surface area contributed by atoms with Gasteiger partial charge in [-0.05, 0) is 104 Å².